The van der Waals surface area contributed by atoms with Gasteiger partial charge in [-0.25, -0.2) is 0 Å². The number of fused-ring (bicyclic) bond motifs is 1. The molecule has 3 rings (SSSR count). The highest BCUT2D eigenvalue weighted by Gasteiger charge is 2.39. The van der Waals surface area contributed by atoms with E-state index in [1.807, 2.05) is 24.0 Å². The van der Waals surface area contributed by atoms with Crippen molar-refractivity contribution in [1.29, 1.82) is 0 Å². The lowest BCUT2D eigenvalue weighted by molar-refractivity contribution is -0.122. The van der Waals surface area contributed by atoms with Crippen LogP contribution in [0.25, 0.3) is 0 Å². The number of aromatic nitrogens is 1. The third-order valence-corrected chi connectivity index (χ3v) is 4.98. The van der Waals surface area contributed by atoms with Crippen LogP contribution in [-0.2, 0) is 4.79 Å². The van der Waals surface area contributed by atoms with Crippen LogP contribution in [0.5, 0.6) is 0 Å². The zero-order chi connectivity index (χ0) is 16.4. The number of carbonyl (C=O) groups excluding carboxylic acids is 2. The predicted molar refractivity (Wildman–Crippen MR) is 87.0 cm³/mol. The zero-order valence-electron chi connectivity index (χ0n) is 13.8. The van der Waals surface area contributed by atoms with E-state index in [0.717, 1.165) is 38.3 Å². The molecular weight excluding hydrogens is 292 g/mol. The molecule has 2 fully saturated rings. The van der Waals surface area contributed by atoms with E-state index in [4.69, 9.17) is 0 Å². The molecule has 2 aliphatic rings. The van der Waals surface area contributed by atoms with E-state index in [0.29, 0.717) is 23.9 Å². The van der Waals surface area contributed by atoms with Crippen LogP contribution in [0.15, 0.2) is 18.3 Å². The van der Waals surface area contributed by atoms with Gasteiger partial charge >= 0.3 is 0 Å². The summed E-state index contributed by atoms with van der Waals surface area (Å²) in [6.07, 6.45) is 2.72. The van der Waals surface area contributed by atoms with Gasteiger partial charge in [0.05, 0.1) is 12.1 Å². The van der Waals surface area contributed by atoms with Crippen LogP contribution in [0.1, 0.15) is 22.5 Å². The molecule has 3 heterocycles. The highest BCUT2D eigenvalue weighted by atomic mass is 16.2. The smallest absolute Gasteiger partial charge is 0.255 e. The van der Waals surface area contributed by atoms with E-state index in [1.165, 1.54) is 0 Å². The van der Waals surface area contributed by atoms with Gasteiger partial charge in [0.15, 0.2) is 0 Å². The third kappa shape index (κ3) is 3.52. The standard InChI is InChI=1S/C17H24N4O2/c1-12-3-4-13(7-19-12)17(23)21-9-14-5-6-20(8-15(14)10-21)11-16(22)18-2/h3-4,7,14-15H,5-6,8-11H2,1-2H3,(H,18,22)/t14-,15+/m1/s1. The average Bonchev–Trinajstić information content (AvgIpc) is 2.98. The van der Waals surface area contributed by atoms with Crippen molar-refractivity contribution in [2.45, 2.75) is 13.3 Å². The maximum Gasteiger partial charge on any atom is 0.255 e. The molecule has 6 nitrogen and oxygen atoms in total. The van der Waals surface area contributed by atoms with Crippen LogP contribution in [0.4, 0.5) is 0 Å². The van der Waals surface area contributed by atoms with Crippen molar-refractivity contribution < 1.29 is 9.59 Å². The van der Waals surface area contributed by atoms with Gasteiger partial charge in [-0.3, -0.25) is 19.5 Å². The Morgan fingerprint density at radius 3 is 2.74 bits per heavy atom. The van der Waals surface area contributed by atoms with Crippen LogP contribution in [0.3, 0.4) is 0 Å². The van der Waals surface area contributed by atoms with Gasteiger partial charge in [0.25, 0.3) is 5.91 Å². The van der Waals surface area contributed by atoms with Crippen LogP contribution in [0, 0.1) is 18.8 Å². The Labute approximate surface area is 136 Å². The summed E-state index contributed by atoms with van der Waals surface area (Å²) in [5.74, 6) is 1.15. The number of carbonyl (C=O) groups is 2. The van der Waals surface area contributed by atoms with Crippen molar-refractivity contribution >= 4 is 11.8 Å². The molecule has 2 aliphatic heterocycles. The molecule has 0 bridgehead atoms. The first-order chi connectivity index (χ1) is 11.1. The molecule has 0 unspecified atom stereocenters. The number of piperidine rings is 1. The molecule has 1 N–H and O–H groups in total. The van der Waals surface area contributed by atoms with Gasteiger partial charge in [-0.05, 0) is 43.9 Å². The first kappa shape index (κ1) is 15.9. The Hall–Kier alpha value is -1.95. The predicted octanol–water partition coefficient (Wildman–Crippen LogP) is 0.530. The number of hydrogen-bond acceptors (Lipinski definition) is 4. The number of likely N-dealkylation sites (N-methyl/N-ethyl adjacent to an activating group) is 1. The zero-order valence-corrected chi connectivity index (χ0v) is 13.8. The fourth-order valence-corrected chi connectivity index (χ4v) is 3.61. The van der Waals surface area contributed by atoms with E-state index in [2.05, 4.69) is 15.2 Å². The summed E-state index contributed by atoms with van der Waals surface area (Å²) in [4.78, 5) is 32.5. The van der Waals surface area contributed by atoms with Gasteiger partial charge in [0.2, 0.25) is 5.91 Å². The first-order valence-electron chi connectivity index (χ1n) is 8.21. The molecular formula is C17H24N4O2. The fourth-order valence-electron chi connectivity index (χ4n) is 3.61. The lowest BCUT2D eigenvalue weighted by Gasteiger charge is -2.33. The monoisotopic (exact) mass is 316 g/mol. The maximum atomic E-state index is 12.6. The molecule has 0 radical (unpaired) electrons. The lowest BCUT2D eigenvalue weighted by atomic mass is 9.89. The molecule has 23 heavy (non-hydrogen) atoms. The van der Waals surface area contributed by atoms with Gasteiger partial charge in [-0.2, -0.15) is 0 Å². The second kappa shape index (κ2) is 6.66. The Balaban J connectivity index is 1.60. The van der Waals surface area contributed by atoms with Crippen molar-refractivity contribution in [3.63, 3.8) is 0 Å². The molecule has 2 atom stereocenters. The highest BCUT2D eigenvalue weighted by molar-refractivity contribution is 5.94. The molecule has 124 valence electrons. The van der Waals surface area contributed by atoms with Crippen molar-refractivity contribution in [2.75, 3.05) is 39.8 Å². The van der Waals surface area contributed by atoms with E-state index in [9.17, 15) is 9.59 Å². The number of amides is 2. The van der Waals surface area contributed by atoms with E-state index in [-0.39, 0.29) is 11.8 Å². The molecule has 6 heteroatoms. The SMILES string of the molecule is CNC(=O)CN1CC[C@@H]2CN(C(=O)c3ccc(C)nc3)C[C@@H]2C1. The quantitative estimate of drug-likeness (QED) is 0.883. The highest BCUT2D eigenvalue weighted by Crippen LogP contribution is 2.31. The van der Waals surface area contributed by atoms with Crippen LogP contribution in [-0.4, -0.2) is 66.4 Å². The van der Waals surface area contributed by atoms with Gasteiger partial charge < -0.3 is 10.2 Å². The summed E-state index contributed by atoms with van der Waals surface area (Å²) in [6, 6.07) is 3.73. The van der Waals surface area contributed by atoms with E-state index < -0.39 is 0 Å². The normalized spacial score (nSPS) is 24.3. The third-order valence-electron chi connectivity index (χ3n) is 4.98. The number of likely N-dealkylation sites (tertiary alicyclic amines) is 2. The fraction of sp³-hybridized carbons (Fsp3) is 0.588. The van der Waals surface area contributed by atoms with Crippen molar-refractivity contribution in [3.05, 3.63) is 29.6 Å². The summed E-state index contributed by atoms with van der Waals surface area (Å²) in [5, 5.41) is 2.67. The number of nitrogens with one attached hydrogen (secondary N) is 1. The number of hydrogen-bond donors (Lipinski definition) is 1. The van der Waals surface area contributed by atoms with Gasteiger partial charge in [0, 0.05) is 38.6 Å². The topological polar surface area (TPSA) is 65.5 Å². The van der Waals surface area contributed by atoms with E-state index in [1.54, 1.807) is 13.2 Å². The maximum absolute atomic E-state index is 12.6. The number of aryl methyl sites for hydroxylation is 1. The van der Waals surface area contributed by atoms with Gasteiger partial charge in [0.1, 0.15) is 0 Å². The average molecular weight is 316 g/mol. The van der Waals surface area contributed by atoms with Crippen molar-refractivity contribution in [2.24, 2.45) is 11.8 Å². The molecule has 0 saturated carbocycles. The summed E-state index contributed by atoms with van der Waals surface area (Å²) in [6.45, 7) is 5.80. The molecule has 2 amide bonds. The van der Waals surface area contributed by atoms with Gasteiger partial charge in [-0.1, -0.05) is 0 Å². The lowest BCUT2D eigenvalue weighted by Crippen LogP contribution is -2.44. The minimum Gasteiger partial charge on any atom is -0.358 e. The van der Waals surface area contributed by atoms with Crippen LogP contribution in [0.2, 0.25) is 0 Å². The Bertz CT molecular complexity index is 587. The van der Waals surface area contributed by atoms with Crippen molar-refractivity contribution in [3.8, 4) is 0 Å². The minimum atomic E-state index is 0.0557. The van der Waals surface area contributed by atoms with Gasteiger partial charge in [-0.15, -0.1) is 0 Å². The minimum absolute atomic E-state index is 0.0557. The summed E-state index contributed by atoms with van der Waals surface area (Å²) in [5.41, 5.74) is 1.58. The Kier molecular flexibility index (Phi) is 4.61. The Morgan fingerprint density at radius 2 is 2.04 bits per heavy atom. The molecule has 1 aromatic rings. The number of rotatable bonds is 3. The van der Waals surface area contributed by atoms with E-state index >= 15 is 0 Å². The van der Waals surface area contributed by atoms with Crippen LogP contribution >= 0.6 is 0 Å². The Morgan fingerprint density at radius 1 is 1.26 bits per heavy atom. The molecule has 0 aromatic carbocycles. The number of nitrogens with zero attached hydrogens (tertiary/aromatic N) is 3. The second-order valence-electron chi connectivity index (χ2n) is 6.62. The molecule has 0 aliphatic carbocycles. The second-order valence-corrected chi connectivity index (χ2v) is 6.62. The summed E-state index contributed by atoms with van der Waals surface area (Å²) < 4.78 is 0. The number of pyridine rings is 1. The molecule has 2 saturated heterocycles. The van der Waals surface area contributed by atoms with Crippen LogP contribution < -0.4 is 5.32 Å². The summed E-state index contributed by atoms with van der Waals surface area (Å²) >= 11 is 0. The molecule has 1 aromatic heterocycles. The first-order valence-corrected chi connectivity index (χ1v) is 8.21. The largest absolute Gasteiger partial charge is 0.358 e. The van der Waals surface area contributed by atoms with Crippen molar-refractivity contribution in [1.82, 2.24) is 20.1 Å². The summed E-state index contributed by atoms with van der Waals surface area (Å²) in [7, 11) is 1.67. The molecule has 0 spiro atoms.